The van der Waals surface area contributed by atoms with E-state index in [1.165, 1.54) is 6.07 Å². The van der Waals surface area contributed by atoms with E-state index in [1.807, 2.05) is 0 Å². The molecule has 0 spiro atoms. The van der Waals surface area contributed by atoms with Gasteiger partial charge in [-0.2, -0.15) is 13.2 Å². The van der Waals surface area contributed by atoms with Crippen molar-refractivity contribution >= 4 is 34.8 Å². The molecule has 3 N–H and O–H groups in total. The van der Waals surface area contributed by atoms with Crippen molar-refractivity contribution < 1.29 is 13.2 Å². The number of nitrogen functional groups attached to an aromatic ring is 1. The highest BCUT2D eigenvalue weighted by atomic mass is 35.5. The molecule has 4 nitrogen and oxygen atoms in total. The standard InChI is InChI=1S/C11H13Cl2F3N4/c12-7-5-8(13)10(18-9(7)19-17)20-3-1-6(2-4-20)11(14,15)16/h5-6H,1-4,17H2,(H,18,19). The van der Waals surface area contributed by atoms with Gasteiger partial charge in [0.2, 0.25) is 0 Å². The number of rotatable bonds is 2. The van der Waals surface area contributed by atoms with E-state index in [0.29, 0.717) is 10.8 Å². The molecule has 1 aromatic heterocycles. The molecule has 0 amide bonds. The van der Waals surface area contributed by atoms with E-state index in [2.05, 4.69) is 10.4 Å². The smallest absolute Gasteiger partial charge is 0.355 e. The van der Waals surface area contributed by atoms with Crippen LogP contribution in [0.15, 0.2) is 6.07 Å². The third-order valence-corrected chi connectivity index (χ3v) is 3.87. The fraction of sp³-hybridized carbons (Fsp3) is 0.545. The summed E-state index contributed by atoms with van der Waals surface area (Å²) in [7, 11) is 0. The summed E-state index contributed by atoms with van der Waals surface area (Å²) in [6, 6.07) is 1.47. The first-order valence-electron chi connectivity index (χ1n) is 5.97. The van der Waals surface area contributed by atoms with E-state index in [4.69, 9.17) is 29.0 Å². The van der Waals surface area contributed by atoms with Crippen LogP contribution in [0.2, 0.25) is 10.0 Å². The number of halogens is 5. The Morgan fingerprint density at radius 2 is 1.85 bits per heavy atom. The van der Waals surface area contributed by atoms with Gasteiger partial charge < -0.3 is 10.3 Å². The minimum atomic E-state index is -4.15. The summed E-state index contributed by atoms with van der Waals surface area (Å²) in [6.45, 7) is 0.477. The number of hydrazine groups is 1. The maximum atomic E-state index is 12.6. The summed E-state index contributed by atoms with van der Waals surface area (Å²) in [6.07, 6.45) is -4.10. The highest BCUT2D eigenvalue weighted by molar-refractivity contribution is 6.37. The molecule has 0 radical (unpaired) electrons. The molecule has 1 fully saturated rings. The molecule has 0 saturated carbocycles. The van der Waals surface area contributed by atoms with E-state index < -0.39 is 12.1 Å². The summed E-state index contributed by atoms with van der Waals surface area (Å²) in [5.74, 6) is 4.64. The average Bonchev–Trinajstić information content (AvgIpc) is 2.38. The number of anilines is 2. The van der Waals surface area contributed by atoms with Gasteiger partial charge in [0.05, 0.1) is 16.0 Å². The molecule has 112 valence electrons. The van der Waals surface area contributed by atoms with E-state index in [1.54, 1.807) is 4.90 Å². The van der Waals surface area contributed by atoms with Gasteiger partial charge in [-0.25, -0.2) is 10.8 Å². The van der Waals surface area contributed by atoms with Crippen molar-refractivity contribution in [3.8, 4) is 0 Å². The van der Waals surface area contributed by atoms with Crippen LogP contribution in [0.3, 0.4) is 0 Å². The first kappa shape index (κ1) is 15.5. The van der Waals surface area contributed by atoms with E-state index in [9.17, 15) is 13.2 Å². The molecule has 0 aliphatic carbocycles. The Labute approximate surface area is 124 Å². The summed E-state index contributed by atoms with van der Waals surface area (Å²) < 4.78 is 37.9. The normalized spacial score (nSPS) is 17.4. The number of nitrogens with one attached hydrogen (secondary N) is 1. The van der Waals surface area contributed by atoms with Crippen molar-refractivity contribution in [2.45, 2.75) is 19.0 Å². The number of aromatic nitrogens is 1. The second-order valence-corrected chi connectivity index (χ2v) is 5.39. The van der Waals surface area contributed by atoms with Crippen LogP contribution in [0.4, 0.5) is 24.8 Å². The van der Waals surface area contributed by atoms with Gasteiger partial charge in [0.1, 0.15) is 5.82 Å². The SMILES string of the molecule is NNc1nc(N2CCC(C(F)(F)F)CC2)c(Cl)cc1Cl. The molecule has 20 heavy (non-hydrogen) atoms. The second-order valence-electron chi connectivity index (χ2n) is 4.57. The lowest BCUT2D eigenvalue weighted by molar-refractivity contribution is -0.179. The number of pyridine rings is 1. The number of alkyl halides is 3. The molecule has 2 heterocycles. The predicted octanol–water partition coefficient (Wildman–Crippen LogP) is 3.45. The van der Waals surface area contributed by atoms with Crippen LogP contribution in [0.5, 0.6) is 0 Å². The topological polar surface area (TPSA) is 54.2 Å². The summed E-state index contributed by atoms with van der Waals surface area (Å²) in [5, 5.41) is 0.547. The fourth-order valence-corrected chi connectivity index (χ4v) is 2.73. The molecule has 1 aromatic rings. The van der Waals surface area contributed by atoms with Crippen molar-refractivity contribution in [3.63, 3.8) is 0 Å². The van der Waals surface area contributed by atoms with Gasteiger partial charge in [-0.1, -0.05) is 23.2 Å². The van der Waals surface area contributed by atoms with Crippen molar-refractivity contribution in [2.75, 3.05) is 23.4 Å². The molecule has 1 aliphatic heterocycles. The van der Waals surface area contributed by atoms with E-state index >= 15 is 0 Å². The zero-order chi connectivity index (χ0) is 14.9. The first-order chi connectivity index (χ1) is 9.32. The Morgan fingerprint density at radius 3 is 2.35 bits per heavy atom. The molecule has 0 unspecified atom stereocenters. The van der Waals surface area contributed by atoms with Gasteiger partial charge in [0, 0.05) is 13.1 Å². The summed E-state index contributed by atoms with van der Waals surface area (Å²) >= 11 is 11.9. The highest BCUT2D eigenvalue weighted by Gasteiger charge is 2.41. The third-order valence-electron chi connectivity index (χ3n) is 3.31. The Morgan fingerprint density at radius 1 is 1.25 bits per heavy atom. The number of hydrogen-bond donors (Lipinski definition) is 2. The van der Waals surface area contributed by atoms with Crippen molar-refractivity contribution in [1.82, 2.24) is 4.98 Å². The van der Waals surface area contributed by atoms with Crippen LogP contribution in [0, 0.1) is 5.92 Å². The van der Waals surface area contributed by atoms with Crippen LogP contribution in [0.25, 0.3) is 0 Å². The van der Waals surface area contributed by atoms with Crippen LogP contribution in [0.1, 0.15) is 12.8 Å². The average molecular weight is 329 g/mol. The highest BCUT2D eigenvalue weighted by Crippen LogP contribution is 2.37. The molecule has 1 saturated heterocycles. The molecule has 0 atom stereocenters. The summed E-state index contributed by atoms with van der Waals surface area (Å²) in [4.78, 5) is 5.86. The fourth-order valence-electron chi connectivity index (χ4n) is 2.20. The van der Waals surface area contributed by atoms with Crippen LogP contribution in [-0.2, 0) is 0 Å². The van der Waals surface area contributed by atoms with E-state index in [-0.39, 0.29) is 36.8 Å². The monoisotopic (exact) mass is 328 g/mol. The zero-order valence-electron chi connectivity index (χ0n) is 10.3. The molecule has 9 heteroatoms. The molecule has 0 bridgehead atoms. The Bertz CT molecular complexity index is 487. The molecular weight excluding hydrogens is 316 g/mol. The third kappa shape index (κ3) is 3.21. The molecular formula is C11H13Cl2F3N4. The lowest BCUT2D eigenvalue weighted by Crippen LogP contribution is -2.39. The number of nitrogens with two attached hydrogens (primary N) is 1. The number of hydrogen-bond acceptors (Lipinski definition) is 4. The molecule has 0 aromatic carbocycles. The summed E-state index contributed by atoms with van der Waals surface area (Å²) in [5.41, 5.74) is 2.33. The minimum Gasteiger partial charge on any atom is -0.355 e. The number of nitrogens with zero attached hydrogens (tertiary/aromatic N) is 2. The Balaban J connectivity index is 2.15. The first-order valence-corrected chi connectivity index (χ1v) is 6.73. The van der Waals surface area contributed by atoms with Crippen molar-refractivity contribution in [1.29, 1.82) is 0 Å². The van der Waals surface area contributed by atoms with Crippen LogP contribution < -0.4 is 16.2 Å². The maximum absolute atomic E-state index is 12.6. The Hall–Kier alpha value is -0.920. The number of piperidine rings is 1. The van der Waals surface area contributed by atoms with Gasteiger partial charge in [-0.15, -0.1) is 0 Å². The lowest BCUT2D eigenvalue weighted by Gasteiger charge is -2.34. The predicted molar refractivity (Wildman–Crippen MR) is 73.1 cm³/mol. The van der Waals surface area contributed by atoms with Crippen molar-refractivity contribution in [2.24, 2.45) is 11.8 Å². The quantitative estimate of drug-likeness (QED) is 0.645. The van der Waals surface area contributed by atoms with Crippen LogP contribution >= 0.6 is 23.2 Å². The maximum Gasteiger partial charge on any atom is 0.391 e. The van der Waals surface area contributed by atoms with Gasteiger partial charge in [-0.3, -0.25) is 0 Å². The lowest BCUT2D eigenvalue weighted by atomic mass is 9.96. The van der Waals surface area contributed by atoms with Gasteiger partial charge in [0.25, 0.3) is 0 Å². The minimum absolute atomic E-state index is 0.0233. The molecule has 1 aliphatic rings. The van der Waals surface area contributed by atoms with Gasteiger partial charge in [-0.05, 0) is 18.9 Å². The van der Waals surface area contributed by atoms with Crippen molar-refractivity contribution in [3.05, 3.63) is 16.1 Å². The van der Waals surface area contributed by atoms with Gasteiger partial charge >= 0.3 is 6.18 Å². The van der Waals surface area contributed by atoms with Crippen LogP contribution in [-0.4, -0.2) is 24.2 Å². The molecule has 2 rings (SSSR count). The largest absolute Gasteiger partial charge is 0.391 e. The zero-order valence-corrected chi connectivity index (χ0v) is 11.9. The van der Waals surface area contributed by atoms with Gasteiger partial charge in [0.15, 0.2) is 5.82 Å². The van der Waals surface area contributed by atoms with E-state index in [0.717, 1.165) is 0 Å². The Kier molecular flexibility index (Phi) is 4.51. The second kappa shape index (κ2) is 5.83.